The van der Waals surface area contributed by atoms with Gasteiger partial charge >= 0.3 is 0 Å². The fraction of sp³-hybridized carbons (Fsp3) is 0.200. The molecule has 0 unspecified atom stereocenters. The Kier molecular flexibility index (Phi) is 5.35. The zero-order chi connectivity index (χ0) is 17.5. The van der Waals surface area contributed by atoms with E-state index in [1.165, 1.54) is 11.3 Å². The molecular formula is C15H13N7O2S. The molecule has 10 heteroatoms. The smallest absolute Gasteiger partial charge is 0.273 e. The Labute approximate surface area is 146 Å². The van der Waals surface area contributed by atoms with Gasteiger partial charge in [0.25, 0.3) is 5.91 Å². The molecule has 0 aliphatic heterocycles. The van der Waals surface area contributed by atoms with E-state index < -0.39 is 0 Å². The van der Waals surface area contributed by atoms with Gasteiger partial charge in [0.1, 0.15) is 10.0 Å². The molecule has 0 aliphatic rings. The number of nitrogens with zero attached hydrogens (tertiary/aromatic N) is 6. The summed E-state index contributed by atoms with van der Waals surface area (Å²) in [6.45, 7) is 0.574. The minimum Gasteiger partial charge on any atom is -0.355 e. The van der Waals surface area contributed by atoms with Crippen LogP contribution in [0.25, 0.3) is 21.8 Å². The van der Waals surface area contributed by atoms with E-state index >= 15 is 0 Å². The second-order valence-corrected chi connectivity index (χ2v) is 6.07. The average Bonchev–Trinajstić information content (AvgIpc) is 3.30. The van der Waals surface area contributed by atoms with Crippen molar-refractivity contribution in [3.05, 3.63) is 62.6 Å². The van der Waals surface area contributed by atoms with Crippen LogP contribution in [0.2, 0.25) is 0 Å². The number of carbonyl (C=O) groups excluding carboxylic acids is 1. The molecule has 3 rings (SSSR count). The second-order valence-electron chi connectivity index (χ2n) is 4.93. The maximum Gasteiger partial charge on any atom is 0.273 e. The van der Waals surface area contributed by atoms with E-state index in [4.69, 9.17) is 10.1 Å². The summed E-state index contributed by atoms with van der Waals surface area (Å²) in [7, 11) is 0. The third-order valence-electron chi connectivity index (χ3n) is 3.20. The summed E-state index contributed by atoms with van der Waals surface area (Å²) < 4.78 is 5.21. The van der Waals surface area contributed by atoms with E-state index in [1.807, 2.05) is 30.3 Å². The lowest BCUT2D eigenvalue weighted by atomic mass is 10.1. The highest BCUT2D eigenvalue weighted by Crippen LogP contribution is 2.19. The Bertz CT molecular complexity index is 900. The number of carbonyl (C=O) groups is 1. The van der Waals surface area contributed by atoms with Crippen molar-refractivity contribution in [3.63, 3.8) is 0 Å². The summed E-state index contributed by atoms with van der Waals surface area (Å²) in [6, 6.07) is 11.0. The van der Waals surface area contributed by atoms with Crippen molar-refractivity contribution in [2.24, 2.45) is 5.11 Å². The van der Waals surface area contributed by atoms with E-state index in [1.54, 1.807) is 6.07 Å². The van der Waals surface area contributed by atoms with E-state index in [0.717, 1.165) is 10.6 Å². The van der Waals surface area contributed by atoms with Gasteiger partial charge in [-0.1, -0.05) is 40.6 Å². The van der Waals surface area contributed by atoms with Crippen LogP contribution in [0, 0.1) is 0 Å². The molecule has 126 valence electrons. The molecule has 0 spiro atoms. The Morgan fingerprint density at radius 1 is 1.28 bits per heavy atom. The number of benzene rings is 1. The zero-order valence-electron chi connectivity index (χ0n) is 13.0. The van der Waals surface area contributed by atoms with Crippen LogP contribution in [0.15, 0.2) is 46.0 Å². The molecule has 3 aromatic rings. The van der Waals surface area contributed by atoms with Crippen molar-refractivity contribution in [2.75, 3.05) is 6.54 Å². The van der Waals surface area contributed by atoms with Crippen LogP contribution >= 0.6 is 11.3 Å². The number of nitrogens with one attached hydrogen (secondary N) is 1. The van der Waals surface area contributed by atoms with Gasteiger partial charge < -0.3 is 9.84 Å². The molecule has 25 heavy (non-hydrogen) atoms. The number of hydrogen-bond acceptors (Lipinski definition) is 7. The van der Waals surface area contributed by atoms with Gasteiger partial charge in [0.2, 0.25) is 0 Å². The molecule has 2 aromatic heterocycles. The van der Waals surface area contributed by atoms with Gasteiger partial charge in [0.15, 0.2) is 11.5 Å². The van der Waals surface area contributed by atoms with Gasteiger partial charge in [-0.05, 0) is 5.53 Å². The summed E-state index contributed by atoms with van der Waals surface area (Å²) in [5.74, 6) is 0.224. The van der Waals surface area contributed by atoms with Crippen LogP contribution in [0.5, 0.6) is 0 Å². The Balaban J connectivity index is 1.52. The summed E-state index contributed by atoms with van der Waals surface area (Å²) in [4.78, 5) is 14.8. The molecule has 1 N–H and O–H groups in total. The molecule has 1 aromatic carbocycles. The highest BCUT2D eigenvalue weighted by Gasteiger charge is 2.13. The van der Waals surface area contributed by atoms with Crippen molar-refractivity contribution >= 4 is 17.2 Å². The van der Waals surface area contributed by atoms with E-state index in [9.17, 15) is 4.79 Å². The number of rotatable bonds is 7. The lowest BCUT2D eigenvalue weighted by Crippen LogP contribution is -2.25. The summed E-state index contributed by atoms with van der Waals surface area (Å²) in [6.07, 6.45) is 0.531. The predicted molar refractivity (Wildman–Crippen MR) is 90.7 cm³/mol. The van der Waals surface area contributed by atoms with Crippen molar-refractivity contribution in [3.8, 4) is 11.3 Å². The van der Waals surface area contributed by atoms with Crippen molar-refractivity contribution in [1.82, 2.24) is 20.7 Å². The molecular weight excluding hydrogens is 342 g/mol. The second kappa shape index (κ2) is 8.04. The van der Waals surface area contributed by atoms with Crippen LogP contribution in [0.4, 0.5) is 0 Å². The van der Waals surface area contributed by atoms with Crippen LogP contribution in [-0.4, -0.2) is 27.8 Å². The molecule has 0 bridgehead atoms. The molecule has 0 atom stereocenters. The van der Waals surface area contributed by atoms with Gasteiger partial charge in [-0.3, -0.25) is 4.79 Å². The van der Waals surface area contributed by atoms with Gasteiger partial charge in [-0.25, -0.2) is 0 Å². The zero-order valence-corrected chi connectivity index (χ0v) is 13.8. The van der Waals surface area contributed by atoms with Crippen LogP contribution < -0.4 is 5.32 Å². The van der Waals surface area contributed by atoms with Gasteiger partial charge in [-0.2, -0.15) is 0 Å². The first-order valence-electron chi connectivity index (χ1n) is 7.38. The third kappa shape index (κ3) is 4.40. The highest BCUT2D eigenvalue weighted by atomic mass is 32.1. The third-order valence-corrected chi connectivity index (χ3v) is 4.17. The van der Waals surface area contributed by atoms with Crippen LogP contribution in [0.1, 0.15) is 20.5 Å². The monoisotopic (exact) mass is 355 g/mol. The van der Waals surface area contributed by atoms with Crippen LogP contribution in [0.3, 0.4) is 0 Å². The quantitative estimate of drug-likeness (QED) is 0.395. The van der Waals surface area contributed by atoms with E-state index in [0.29, 0.717) is 23.7 Å². The number of hydrogen-bond donors (Lipinski definition) is 1. The Hall–Kier alpha value is -3.23. The number of azide groups is 1. The minimum atomic E-state index is -0.315. The minimum absolute atomic E-state index is 0.182. The first-order valence-corrected chi connectivity index (χ1v) is 8.20. The molecule has 0 saturated heterocycles. The van der Waals surface area contributed by atoms with Crippen molar-refractivity contribution in [2.45, 2.75) is 13.0 Å². The number of amides is 1. The molecule has 2 heterocycles. The summed E-state index contributed by atoms with van der Waals surface area (Å²) >= 11 is 1.35. The topological polar surface area (TPSA) is 130 Å². The molecule has 0 aliphatic carbocycles. The Morgan fingerprint density at radius 3 is 2.88 bits per heavy atom. The van der Waals surface area contributed by atoms with Crippen molar-refractivity contribution < 1.29 is 9.32 Å². The van der Waals surface area contributed by atoms with Crippen molar-refractivity contribution in [1.29, 1.82) is 0 Å². The van der Waals surface area contributed by atoms with Gasteiger partial charge in [-0.15, -0.1) is 21.5 Å². The summed E-state index contributed by atoms with van der Waals surface area (Å²) in [5.41, 5.74) is 9.35. The molecule has 1 amide bonds. The highest BCUT2D eigenvalue weighted by molar-refractivity contribution is 7.11. The lowest BCUT2D eigenvalue weighted by Gasteiger charge is -1.99. The standard InChI is InChI=1S/C15H13N7O2S/c16-22-18-9-14-20-19-13(25-14)6-7-17-15(23)11-8-12(24-21-11)10-4-2-1-3-5-10/h1-5,8H,6-7,9H2,(H,17,23). The van der Waals surface area contributed by atoms with E-state index in [-0.39, 0.29) is 18.1 Å². The molecule has 0 radical (unpaired) electrons. The van der Waals surface area contributed by atoms with Crippen LogP contribution in [-0.2, 0) is 13.0 Å². The SMILES string of the molecule is [N-]=[N+]=NCc1nnc(CCNC(=O)c2cc(-c3ccccc3)on2)s1. The predicted octanol–water partition coefficient (Wildman–Crippen LogP) is 2.98. The Morgan fingerprint density at radius 2 is 2.08 bits per heavy atom. The first-order chi connectivity index (χ1) is 12.3. The lowest BCUT2D eigenvalue weighted by molar-refractivity contribution is 0.0945. The largest absolute Gasteiger partial charge is 0.355 e. The first kappa shape index (κ1) is 16.6. The maximum absolute atomic E-state index is 12.1. The number of aromatic nitrogens is 3. The molecule has 9 nitrogen and oxygen atoms in total. The summed E-state index contributed by atoms with van der Waals surface area (Å²) in [5, 5.41) is 19.3. The normalized spacial score (nSPS) is 10.2. The fourth-order valence-corrected chi connectivity index (χ4v) is 2.80. The van der Waals surface area contributed by atoms with Gasteiger partial charge in [0.05, 0.1) is 6.54 Å². The van der Waals surface area contributed by atoms with Gasteiger partial charge in [0, 0.05) is 29.5 Å². The molecule has 0 fully saturated rings. The average molecular weight is 355 g/mol. The maximum atomic E-state index is 12.1. The fourth-order valence-electron chi connectivity index (χ4n) is 2.04. The van der Waals surface area contributed by atoms with E-state index in [2.05, 4.69) is 30.7 Å². The molecule has 0 saturated carbocycles.